The van der Waals surface area contributed by atoms with E-state index in [4.69, 9.17) is 5.73 Å². The number of hydrogen-bond acceptors (Lipinski definition) is 2. The van der Waals surface area contributed by atoms with E-state index in [-0.39, 0.29) is 10.6 Å². The van der Waals surface area contributed by atoms with E-state index < -0.39 is 16.1 Å². The number of halogens is 2. The quantitative estimate of drug-likeness (QED) is 0.595. The van der Waals surface area contributed by atoms with Crippen LogP contribution in [-0.4, -0.2) is 16.5 Å². The molecule has 3 rings (SSSR count). The Balaban J connectivity index is 2.33. The van der Waals surface area contributed by atoms with Crippen molar-refractivity contribution in [1.29, 1.82) is 0 Å². The average Bonchev–Trinajstić information content (AvgIpc) is 2.51. The summed E-state index contributed by atoms with van der Waals surface area (Å²) < 4.78 is -0.696. The van der Waals surface area contributed by atoms with Crippen molar-refractivity contribution in [1.82, 2.24) is 0 Å². The van der Waals surface area contributed by atoms with Crippen LogP contribution in [0.5, 0.6) is 0 Å². The van der Waals surface area contributed by atoms with Crippen LogP contribution in [0.1, 0.15) is 34.3 Å². The molecule has 3 atom stereocenters. The predicted molar refractivity (Wildman–Crippen MR) is 79.7 cm³/mol. The standard InChI is InChI=1S/C14H13Br2NO2/c15-9-6-2-4-7-3-1-5-8-10(7)14(9,16)11(12(8)18)13(17)19/h1,3,5,9,11H,2,4,6H2,(H2,17,19)/t9-,11+,14+/m1/s1. The molecule has 2 N–H and O–H groups in total. The van der Waals surface area contributed by atoms with Gasteiger partial charge in [-0.15, -0.1) is 0 Å². The van der Waals surface area contributed by atoms with E-state index in [0.717, 1.165) is 30.4 Å². The Labute approximate surface area is 128 Å². The van der Waals surface area contributed by atoms with E-state index in [0.29, 0.717) is 5.56 Å². The summed E-state index contributed by atoms with van der Waals surface area (Å²) in [7, 11) is 0. The van der Waals surface area contributed by atoms with Gasteiger partial charge in [-0.25, -0.2) is 0 Å². The first-order valence-electron chi connectivity index (χ1n) is 6.26. The zero-order valence-electron chi connectivity index (χ0n) is 10.2. The Morgan fingerprint density at radius 1 is 1.42 bits per heavy atom. The Hall–Kier alpha value is -0.680. The van der Waals surface area contributed by atoms with Gasteiger partial charge in [0, 0.05) is 10.4 Å². The molecule has 2 aliphatic carbocycles. The average molecular weight is 387 g/mol. The Morgan fingerprint density at radius 2 is 2.16 bits per heavy atom. The summed E-state index contributed by atoms with van der Waals surface area (Å²) in [6, 6.07) is 5.72. The first kappa shape index (κ1) is 13.3. The van der Waals surface area contributed by atoms with Crippen LogP contribution >= 0.6 is 31.9 Å². The van der Waals surface area contributed by atoms with Crippen molar-refractivity contribution < 1.29 is 9.59 Å². The van der Waals surface area contributed by atoms with Crippen molar-refractivity contribution in [2.75, 3.05) is 0 Å². The first-order chi connectivity index (χ1) is 8.98. The highest BCUT2D eigenvalue weighted by atomic mass is 79.9. The molecule has 0 heterocycles. The number of ketones is 1. The molecular formula is C14H13Br2NO2. The lowest BCUT2D eigenvalue weighted by atomic mass is 9.87. The van der Waals surface area contributed by atoms with Gasteiger partial charge in [-0.1, -0.05) is 50.1 Å². The first-order valence-corrected chi connectivity index (χ1v) is 7.97. The van der Waals surface area contributed by atoms with E-state index in [1.807, 2.05) is 12.1 Å². The van der Waals surface area contributed by atoms with Crippen molar-refractivity contribution in [3.8, 4) is 0 Å². The maximum absolute atomic E-state index is 12.5. The molecular weight excluding hydrogens is 374 g/mol. The summed E-state index contributed by atoms with van der Waals surface area (Å²) in [5, 5.41) is 0. The fraction of sp³-hybridized carbons (Fsp3) is 0.429. The van der Waals surface area contributed by atoms with Gasteiger partial charge in [-0.3, -0.25) is 9.59 Å². The number of aryl methyl sites for hydroxylation is 1. The minimum absolute atomic E-state index is 0.0198. The summed E-state index contributed by atoms with van der Waals surface area (Å²) in [4.78, 5) is 24.3. The molecule has 0 bridgehead atoms. The van der Waals surface area contributed by atoms with Gasteiger partial charge in [0.2, 0.25) is 5.91 Å². The number of nitrogens with two attached hydrogens (primary N) is 1. The van der Waals surface area contributed by atoms with Crippen LogP contribution in [0.15, 0.2) is 18.2 Å². The summed E-state index contributed by atoms with van der Waals surface area (Å²) in [6.07, 6.45) is 2.85. The fourth-order valence-electron chi connectivity index (χ4n) is 3.31. The van der Waals surface area contributed by atoms with Crippen LogP contribution in [0.2, 0.25) is 0 Å². The third-order valence-corrected chi connectivity index (χ3v) is 7.33. The highest BCUT2D eigenvalue weighted by molar-refractivity contribution is 9.12. The molecule has 0 saturated heterocycles. The predicted octanol–water partition coefficient (Wildman–Crippen LogP) is 2.67. The molecule has 0 spiro atoms. The Kier molecular flexibility index (Phi) is 3.09. The van der Waals surface area contributed by atoms with Gasteiger partial charge < -0.3 is 5.73 Å². The molecule has 0 unspecified atom stereocenters. The number of carbonyl (C=O) groups is 2. The second kappa shape index (κ2) is 4.42. The molecule has 1 aromatic carbocycles. The largest absolute Gasteiger partial charge is 0.369 e. The summed E-state index contributed by atoms with van der Waals surface area (Å²) in [5.41, 5.74) is 8.25. The van der Waals surface area contributed by atoms with Gasteiger partial charge in [0.15, 0.2) is 5.78 Å². The van der Waals surface area contributed by atoms with E-state index in [2.05, 4.69) is 31.9 Å². The Morgan fingerprint density at radius 3 is 2.84 bits per heavy atom. The molecule has 1 aromatic rings. The number of rotatable bonds is 1. The van der Waals surface area contributed by atoms with Crippen molar-refractivity contribution in [2.24, 2.45) is 11.7 Å². The minimum atomic E-state index is -0.828. The molecule has 5 heteroatoms. The van der Waals surface area contributed by atoms with Gasteiger partial charge in [0.1, 0.15) is 5.92 Å². The van der Waals surface area contributed by atoms with Crippen LogP contribution in [0.4, 0.5) is 0 Å². The monoisotopic (exact) mass is 385 g/mol. The van der Waals surface area contributed by atoms with E-state index in [1.165, 1.54) is 0 Å². The highest BCUT2D eigenvalue weighted by Gasteiger charge is 2.58. The molecule has 100 valence electrons. The van der Waals surface area contributed by atoms with Gasteiger partial charge in [-0.05, 0) is 30.4 Å². The summed E-state index contributed by atoms with van der Waals surface area (Å²) in [6.45, 7) is 0. The van der Waals surface area contributed by atoms with Crippen LogP contribution in [-0.2, 0) is 15.5 Å². The molecule has 2 aliphatic rings. The smallest absolute Gasteiger partial charge is 0.230 e. The topological polar surface area (TPSA) is 60.2 Å². The number of benzene rings is 1. The van der Waals surface area contributed by atoms with Crippen molar-refractivity contribution >= 4 is 43.6 Å². The lowest BCUT2D eigenvalue weighted by Crippen LogP contribution is -2.43. The molecule has 0 aromatic heterocycles. The molecule has 1 amide bonds. The number of Topliss-reactive ketones (excluding diaryl/α,β-unsaturated/α-hetero) is 1. The fourth-order valence-corrected chi connectivity index (χ4v) is 5.26. The van der Waals surface area contributed by atoms with Crippen LogP contribution in [0.3, 0.4) is 0 Å². The van der Waals surface area contributed by atoms with Crippen molar-refractivity contribution in [3.05, 3.63) is 34.9 Å². The summed E-state index contributed by atoms with van der Waals surface area (Å²) in [5.74, 6) is -1.55. The van der Waals surface area contributed by atoms with Gasteiger partial charge in [-0.2, -0.15) is 0 Å². The van der Waals surface area contributed by atoms with Crippen molar-refractivity contribution in [2.45, 2.75) is 28.4 Å². The minimum Gasteiger partial charge on any atom is -0.369 e. The third-order valence-electron chi connectivity index (χ3n) is 4.13. The number of hydrogen-bond donors (Lipinski definition) is 1. The van der Waals surface area contributed by atoms with Crippen LogP contribution in [0.25, 0.3) is 0 Å². The normalized spacial score (nSPS) is 32.8. The zero-order chi connectivity index (χ0) is 13.8. The Bertz CT molecular complexity index is 587. The number of primary amides is 1. The second-order valence-electron chi connectivity index (χ2n) is 5.17. The zero-order valence-corrected chi connectivity index (χ0v) is 13.3. The molecule has 0 aliphatic heterocycles. The summed E-state index contributed by atoms with van der Waals surface area (Å²) >= 11 is 7.35. The van der Waals surface area contributed by atoms with Crippen molar-refractivity contribution in [3.63, 3.8) is 0 Å². The SMILES string of the molecule is NC(=O)[C@@H]1C(=O)c2cccc3c2[C@@]1(Br)[C@H](Br)CCC3. The van der Waals surface area contributed by atoms with E-state index >= 15 is 0 Å². The molecule has 19 heavy (non-hydrogen) atoms. The van der Waals surface area contributed by atoms with Crippen LogP contribution < -0.4 is 5.73 Å². The molecule has 0 saturated carbocycles. The number of amides is 1. The van der Waals surface area contributed by atoms with E-state index in [9.17, 15) is 9.59 Å². The molecule has 0 radical (unpaired) electrons. The maximum Gasteiger partial charge on any atom is 0.230 e. The van der Waals surface area contributed by atoms with Gasteiger partial charge in [0.05, 0.1) is 4.32 Å². The van der Waals surface area contributed by atoms with Gasteiger partial charge in [0.25, 0.3) is 0 Å². The van der Waals surface area contributed by atoms with E-state index in [1.54, 1.807) is 6.07 Å². The highest BCUT2D eigenvalue weighted by Crippen LogP contribution is 2.56. The lowest BCUT2D eigenvalue weighted by molar-refractivity contribution is -0.121. The number of alkyl halides is 2. The van der Waals surface area contributed by atoms with Gasteiger partial charge >= 0.3 is 0 Å². The maximum atomic E-state index is 12.5. The molecule has 0 fully saturated rings. The molecule has 3 nitrogen and oxygen atoms in total. The lowest BCUT2D eigenvalue weighted by Gasteiger charge is -2.32. The third kappa shape index (κ3) is 1.67. The second-order valence-corrected chi connectivity index (χ2v) is 7.58. The number of carbonyl (C=O) groups excluding carboxylic acids is 2. The van der Waals surface area contributed by atoms with Crippen LogP contribution in [0, 0.1) is 5.92 Å².